The Bertz CT molecular complexity index is 259. The number of hydrogen-bond donors (Lipinski definition) is 0. The third kappa shape index (κ3) is 3.49. The third-order valence-corrected chi connectivity index (χ3v) is 1.62. The molecule has 0 fully saturated rings. The third-order valence-electron chi connectivity index (χ3n) is 1.62. The van der Waals surface area contributed by atoms with Gasteiger partial charge in [0, 0.05) is 6.20 Å². The molecule has 13 heavy (non-hydrogen) atoms. The molecular weight excluding hydrogens is 172 g/mol. The molecule has 0 saturated heterocycles. The van der Waals surface area contributed by atoms with Crippen molar-refractivity contribution in [2.24, 2.45) is 0 Å². The van der Waals surface area contributed by atoms with Gasteiger partial charge in [0.25, 0.3) is 6.43 Å². The van der Waals surface area contributed by atoms with Gasteiger partial charge >= 0.3 is 0 Å². The molecule has 0 bridgehead atoms. The highest BCUT2D eigenvalue weighted by Crippen LogP contribution is 2.17. The van der Waals surface area contributed by atoms with E-state index in [9.17, 15) is 8.78 Å². The predicted molar refractivity (Wildman–Crippen MR) is 50.0 cm³/mol. The van der Waals surface area contributed by atoms with Gasteiger partial charge in [-0.2, -0.15) is 0 Å². The quantitative estimate of drug-likeness (QED) is 0.653. The molecule has 1 rings (SSSR count). The van der Waals surface area contributed by atoms with E-state index in [0.717, 1.165) is 11.1 Å². The summed E-state index contributed by atoms with van der Waals surface area (Å²) in [5, 5.41) is 0. The van der Waals surface area contributed by atoms with Gasteiger partial charge in [-0.1, -0.05) is 13.8 Å². The summed E-state index contributed by atoms with van der Waals surface area (Å²) in [4.78, 5) is 3.59. The van der Waals surface area contributed by atoms with Gasteiger partial charge in [-0.15, -0.1) is 0 Å². The topological polar surface area (TPSA) is 12.9 Å². The van der Waals surface area contributed by atoms with Crippen molar-refractivity contribution in [1.82, 2.24) is 4.98 Å². The van der Waals surface area contributed by atoms with Crippen LogP contribution in [0.15, 0.2) is 12.3 Å². The van der Waals surface area contributed by atoms with Crippen LogP contribution in [0, 0.1) is 13.8 Å². The molecule has 0 amide bonds. The second-order valence-corrected chi connectivity index (χ2v) is 2.49. The normalized spacial score (nSPS) is 9.46. The van der Waals surface area contributed by atoms with Crippen LogP contribution in [0.1, 0.15) is 37.1 Å². The van der Waals surface area contributed by atoms with E-state index in [1.165, 1.54) is 12.3 Å². The molecule has 1 aromatic heterocycles. The molecule has 0 radical (unpaired) electrons. The number of aryl methyl sites for hydroxylation is 2. The molecule has 0 unspecified atom stereocenters. The molecule has 1 nitrogen and oxygen atoms in total. The minimum atomic E-state index is -2.46. The molecule has 3 heteroatoms. The second-order valence-electron chi connectivity index (χ2n) is 2.49. The molecule has 0 aliphatic rings. The zero-order valence-corrected chi connectivity index (χ0v) is 8.44. The van der Waals surface area contributed by atoms with Crippen LogP contribution in [-0.2, 0) is 0 Å². The Labute approximate surface area is 77.8 Å². The predicted octanol–water partition coefficient (Wildman–Crippen LogP) is 3.66. The summed E-state index contributed by atoms with van der Waals surface area (Å²) in [5.74, 6) is 0. The Morgan fingerprint density at radius 3 is 2.08 bits per heavy atom. The van der Waals surface area contributed by atoms with Gasteiger partial charge in [0.1, 0.15) is 5.69 Å². The van der Waals surface area contributed by atoms with Crippen LogP contribution in [0.4, 0.5) is 8.78 Å². The summed E-state index contributed by atoms with van der Waals surface area (Å²) in [6.45, 7) is 7.64. The number of alkyl halides is 2. The van der Waals surface area contributed by atoms with Crippen LogP contribution in [0.5, 0.6) is 0 Å². The van der Waals surface area contributed by atoms with E-state index < -0.39 is 6.43 Å². The zero-order valence-electron chi connectivity index (χ0n) is 8.44. The number of rotatable bonds is 1. The van der Waals surface area contributed by atoms with Gasteiger partial charge < -0.3 is 0 Å². The average Bonchev–Trinajstić information content (AvgIpc) is 2.13. The molecule has 1 heterocycles. The Morgan fingerprint density at radius 1 is 1.15 bits per heavy atom. The molecular formula is C10H15F2N. The maximum Gasteiger partial charge on any atom is 0.280 e. The molecule has 0 aliphatic heterocycles. The van der Waals surface area contributed by atoms with Gasteiger partial charge in [0.15, 0.2) is 0 Å². The summed E-state index contributed by atoms with van der Waals surface area (Å²) in [6.07, 6.45) is -0.995. The Morgan fingerprint density at radius 2 is 1.69 bits per heavy atom. The molecule has 74 valence electrons. The summed E-state index contributed by atoms with van der Waals surface area (Å²) in [7, 11) is 0. The molecule has 0 aliphatic carbocycles. The first-order valence-electron chi connectivity index (χ1n) is 4.32. The molecule has 0 N–H and O–H groups in total. The lowest BCUT2D eigenvalue weighted by Gasteiger charge is -2.01. The smallest absolute Gasteiger partial charge is 0.255 e. The molecule has 0 saturated carbocycles. The van der Waals surface area contributed by atoms with E-state index >= 15 is 0 Å². The molecule has 1 aromatic rings. The number of nitrogens with zero attached hydrogens (tertiary/aromatic N) is 1. The zero-order chi connectivity index (χ0) is 10.4. The van der Waals surface area contributed by atoms with Gasteiger partial charge in [-0.3, -0.25) is 4.98 Å². The van der Waals surface area contributed by atoms with Crippen molar-refractivity contribution in [3.63, 3.8) is 0 Å². The number of halogens is 2. The van der Waals surface area contributed by atoms with Gasteiger partial charge in [-0.25, -0.2) is 8.78 Å². The fourth-order valence-corrected chi connectivity index (χ4v) is 0.765. The number of pyridine rings is 1. The van der Waals surface area contributed by atoms with E-state index in [2.05, 4.69) is 4.98 Å². The minimum Gasteiger partial charge on any atom is -0.255 e. The van der Waals surface area contributed by atoms with Crippen molar-refractivity contribution < 1.29 is 8.78 Å². The van der Waals surface area contributed by atoms with Crippen LogP contribution >= 0.6 is 0 Å². The van der Waals surface area contributed by atoms with Crippen LogP contribution in [0.2, 0.25) is 0 Å². The van der Waals surface area contributed by atoms with Crippen molar-refractivity contribution in [2.45, 2.75) is 34.1 Å². The highest BCUT2D eigenvalue weighted by molar-refractivity contribution is 5.24. The van der Waals surface area contributed by atoms with Crippen molar-refractivity contribution >= 4 is 0 Å². The van der Waals surface area contributed by atoms with E-state index in [0.29, 0.717) is 0 Å². The summed E-state index contributed by atoms with van der Waals surface area (Å²) >= 11 is 0. The summed E-state index contributed by atoms with van der Waals surface area (Å²) < 4.78 is 24.0. The van der Waals surface area contributed by atoms with Gasteiger partial charge in [0.2, 0.25) is 0 Å². The van der Waals surface area contributed by atoms with Crippen LogP contribution in [-0.4, -0.2) is 4.98 Å². The lowest BCUT2D eigenvalue weighted by atomic mass is 10.1. The Balaban J connectivity index is 0.000000671. The molecule has 0 atom stereocenters. The van der Waals surface area contributed by atoms with Crippen LogP contribution < -0.4 is 0 Å². The monoisotopic (exact) mass is 187 g/mol. The fourth-order valence-electron chi connectivity index (χ4n) is 0.765. The minimum absolute atomic E-state index is 0.145. The first-order chi connectivity index (χ1) is 6.11. The van der Waals surface area contributed by atoms with E-state index in [1.54, 1.807) is 6.92 Å². The lowest BCUT2D eigenvalue weighted by molar-refractivity contribution is 0.146. The largest absolute Gasteiger partial charge is 0.280 e. The maximum atomic E-state index is 12.0. The highest BCUT2D eigenvalue weighted by atomic mass is 19.3. The van der Waals surface area contributed by atoms with Crippen LogP contribution in [0.25, 0.3) is 0 Å². The van der Waals surface area contributed by atoms with E-state index in [-0.39, 0.29) is 5.69 Å². The van der Waals surface area contributed by atoms with Crippen molar-refractivity contribution in [3.8, 4) is 0 Å². The SMILES string of the molecule is CC.Cc1cnc(C(F)F)cc1C. The van der Waals surface area contributed by atoms with Gasteiger partial charge in [0.05, 0.1) is 0 Å². The Hall–Kier alpha value is -0.990. The maximum absolute atomic E-state index is 12.0. The first kappa shape index (κ1) is 12.0. The first-order valence-corrected chi connectivity index (χ1v) is 4.32. The van der Waals surface area contributed by atoms with Gasteiger partial charge in [-0.05, 0) is 31.0 Å². The van der Waals surface area contributed by atoms with Crippen molar-refractivity contribution in [3.05, 3.63) is 29.1 Å². The second kappa shape index (κ2) is 5.62. The number of hydrogen-bond acceptors (Lipinski definition) is 1. The molecule has 0 aromatic carbocycles. The average molecular weight is 187 g/mol. The summed E-state index contributed by atoms with van der Waals surface area (Å²) in [5.41, 5.74) is 1.65. The highest BCUT2D eigenvalue weighted by Gasteiger charge is 2.08. The fraction of sp³-hybridized carbons (Fsp3) is 0.500. The van der Waals surface area contributed by atoms with E-state index in [1.807, 2.05) is 20.8 Å². The van der Waals surface area contributed by atoms with Crippen molar-refractivity contribution in [2.75, 3.05) is 0 Å². The van der Waals surface area contributed by atoms with Crippen molar-refractivity contribution in [1.29, 1.82) is 0 Å². The van der Waals surface area contributed by atoms with E-state index in [4.69, 9.17) is 0 Å². The molecule has 0 spiro atoms. The standard InChI is InChI=1S/C8H9F2N.C2H6/c1-5-3-7(8(9)10)11-4-6(5)2;1-2/h3-4,8H,1-2H3;1-2H3. The lowest BCUT2D eigenvalue weighted by Crippen LogP contribution is -1.92. The number of aromatic nitrogens is 1. The van der Waals surface area contributed by atoms with Crippen LogP contribution in [0.3, 0.4) is 0 Å². The summed E-state index contributed by atoms with van der Waals surface area (Å²) in [6, 6.07) is 1.42. The Kier molecular flexibility index (Phi) is 5.19.